The predicted octanol–water partition coefficient (Wildman–Crippen LogP) is 6.56. The third kappa shape index (κ3) is 4.84. The molecule has 1 saturated carbocycles. The fourth-order valence-electron chi connectivity index (χ4n) is 4.30. The Kier molecular flexibility index (Phi) is 7.01. The Morgan fingerprint density at radius 2 is 1.93 bits per heavy atom. The summed E-state index contributed by atoms with van der Waals surface area (Å²) in [6.45, 7) is 8.92. The number of carbonyl (C=O) groups is 1. The van der Waals surface area contributed by atoms with Crippen LogP contribution in [0.1, 0.15) is 53.4 Å². The lowest BCUT2D eigenvalue weighted by Crippen LogP contribution is -2.37. The summed E-state index contributed by atoms with van der Waals surface area (Å²) >= 11 is 14.1. The first kappa shape index (κ1) is 22.0. The number of ether oxygens (including phenoxy) is 1. The molecule has 1 aromatic carbocycles. The Hall–Kier alpha value is -1.17. The molecule has 0 bridgehead atoms. The van der Waals surface area contributed by atoms with Crippen molar-refractivity contribution >= 4 is 45.9 Å². The van der Waals surface area contributed by atoms with E-state index in [0.717, 1.165) is 49.6 Å². The number of thiophene rings is 1. The standard InChI is InChI=1S/C24H27Cl2NO2S/c1-15(2)22(23(28)18-4-3-17(25)14-21(18)26)19-6-12-30-24(19)20-13-16(20)5-7-27-8-10-29-11-9-27/h3-4,6,12,14,16,20H,5,7-11,13H2,1-2H3. The lowest BCUT2D eigenvalue weighted by molar-refractivity contribution is 0.0367. The van der Waals surface area contributed by atoms with E-state index in [-0.39, 0.29) is 5.78 Å². The number of nitrogens with zero attached hydrogens (tertiary/aromatic N) is 1. The van der Waals surface area contributed by atoms with Crippen LogP contribution in [-0.4, -0.2) is 43.5 Å². The molecule has 2 unspecified atom stereocenters. The van der Waals surface area contributed by atoms with E-state index in [1.54, 1.807) is 29.5 Å². The second-order valence-corrected chi connectivity index (χ2v) is 10.2. The maximum absolute atomic E-state index is 13.4. The monoisotopic (exact) mass is 463 g/mol. The Bertz CT molecular complexity index is 958. The molecule has 2 heterocycles. The summed E-state index contributed by atoms with van der Waals surface area (Å²) in [4.78, 5) is 17.3. The van der Waals surface area contributed by atoms with Gasteiger partial charge in [0.1, 0.15) is 0 Å². The van der Waals surface area contributed by atoms with Crippen molar-refractivity contribution in [2.75, 3.05) is 32.8 Å². The number of Topliss-reactive ketones (excluding diaryl/α,β-unsaturated/α-hetero) is 1. The van der Waals surface area contributed by atoms with Crippen LogP contribution in [0.4, 0.5) is 0 Å². The van der Waals surface area contributed by atoms with Crippen molar-refractivity contribution in [2.24, 2.45) is 5.92 Å². The topological polar surface area (TPSA) is 29.5 Å². The van der Waals surface area contributed by atoms with E-state index in [9.17, 15) is 4.79 Å². The number of morpholine rings is 1. The molecule has 6 heteroatoms. The van der Waals surface area contributed by atoms with Crippen LogP contribution >= 0.6 is 34.5 Å². The number of halogens is 2. The van der Waals surface area contributed by atoms with Gasteiger partial charge in [0.05, 0.1) is 18.2 Å². The van der Waals surface area contributed by atoms with Crippen LogP contribution in [0.25, 0.3) is 5.57 Å². The minimum absolute atomic E-state index is 0.0261. The van der Waals surface area contributed by atoms with Gasteiger partial charge in [-0.3, -0.25) is 9.69 Å². The molecule has 0 amide bonds. The molecule has 1 aliphatic heterocycles. The molecule has 30 heavy (non-hydrogen) atoms. The lowest BCUT2D eigenvalue weighted by Gasteiger charge is -2.26. The summed E-state index contributed by atoms with van der Waals surface area (Å²) in [6.07, 6.45) is 2.42. The van der Waals surface area contributed by atoms with E-state index < -0.39 is 0 Å². The number of benzene rings is 1. The van der Waals surface area contributed by atoms with Crippen LogP contribution in [0.5, 0.6) is 0 Å². The molecule has 2 aliphatic rings. The quantitative estimate of drug-likeness (QED) is 0.344. The van der Waals surface area contributed by atoms with Gasteiger partial charge in [0.15, 0.2) is 5.78 Å². The number of hydrogen-bond donors (Lipinski definition) is 0. The highest BCUT2D eigenvalue weighted by molar-refractivity contribution is 7.10. The van der Waals surface area contributed by atoms with Crippen molar-refractivity contribution in [1.82, 2.24) is 4.90 Å². The predicted molar refractivity (Wildman–Crippen MR) is 126 cm³/mol. The molecule has 1 saturated heterocycles. The smallest absolute Gasteiger partial charge is 0.195 e. The molecule has 0 N–H and O–H groups in total. The van der Waals surface area contributed by atoms with Gasteiger partial charge in [-0.05, 0) is 80.3 Å². The molecule has 4 rings (SSSR count). The Morgan fingerprint density at radius 3 is 2.63 bits per heavy atom. The van der Waals surface area contributed by atoms with Crippen LogP contribution in [0.15, 0.2) is 35.2 Å². The van der Waals surface area contributed by atoms with Gasteiger partial charge in [-0.1, -0.05) is 28.8 Å². The van der Waals surface area contributed by atoms with E-state index >= 15 is 0 Å². The molecule has 0 radical (unpaired) electrons. The van der Waals surface area contributed by atoms with Gasteiger partial charge in [0.2, 0.25) is 0 Å². The molecule has 2 aromatic rings. The van der Waals surface area contributed by atoms with Crippen molar-refractivity contribution in [3.63, 3.8) is 0 Å². The molecule has 3 nitrogen and oxygen atoms in total. The van der Waals surface area contributed by atoms with Gasteiger partial charge in [0, 0.05) is 34.1 Å². The molecule has 160 valence electrons. The zero-order valence-corrected chi connectivity index (χ0v) is 19.7. The summed E-state index contributed by atoms with van der Waals surface area (Å²) in [5, 5.41) is 3.05. The minimum Gasteiger partial charge on any atom is -0.379 e. The van der Waals surface area contributed by atoms with E-state index in [1.165, 1.54) is 17.7 Å². The fourth-order valence-corrected chi connectivity index (χ4v) is 5.91. The van der Waals surface area contributed by atoms with Gasteiger partial charge in [-0.2, -0.15) is 0 Å². The van der Waals surface area contributed by atoms with Crippen molar-refractivity contribution in [3.8, 4) is 0 Å². The van der Waals surface area contributed by atoms with Crippen LogP contribution < -0.4 is 0 Å². The summed E-state index contributed by atoms with van der Waals surface area (Å²) in [5.74, 6) is 1.24. The molecular weight excluding hydrogens is 437 g/mol. The Balaban J connectivity index is 1.51. The van der Waals surface area contributed by atoms with E-state index in [2.05, 4.69) is 16.3 Å². The van der Waals surface area contributed by atoms with Gasteiger partial charge in [-0.25, -0.2) is 0 Å². The molecule has 2 fully saturated rings. The Labute approximate surface area is 192 Å². The first-order valence-electron chi connectivity index (χ1n) is 10.5. The average Bonchev–Trinajstić information content (AvgIpc) is 3.34. The number of ketones is 1. The van der Waals surface area contributed by atoms with Crippen LogP contribution in [0, 0.1) is 5.92 Å². The number of allylic oxidation sites excluding steroid dienone is 2. The SMILES string of the molecule is CC(C)=C(C(=O)c1ccc(Cl)cc1Cl)c1ccsc1C1CC1CCN1CCOCC1. The summed E-state index contributed by atoms with van der Waals surface area (Å²) in [7, 11) is 0. The second-order valence-electron chi connectivity index (χ2n) is 8.37. The average molecular weight is 464 g/mol. The lowest BCUT2D eigenvalue weighted by atomic mass is 9.92. The highest BCUT2D eigenvalue weighted by Gasteiger charge is 2.41. The van der Waals surface area contributed by atoms with Crippen molar-refractivity contribution in [2.45, 2.75) is 32.6 Å². The Morgan fingerprint density at radius 1 is 1.17 bits per heavy atom. The molecule has 2 atom stereocenters. The van der Waals surface area contributed by atoms with Gasteiger partial charge < -0.3 is 4.74 Å². The van der Waals surface area contributed by atoms with E-state index in [4.69, 9.17) is 27.9 Å². The van der Waals surface area contributed by atoms with E-state index in [1.807, 2.05) is 13.8 Å². The van der Waals surface area contributed by atoms with Crippen LogP contribution in [0.2, 0.25) is 10.0 Å². The largest absolute Gasteiger partial charge is 0.379 e. The fraction of sp³-hybridized carbons (Fsp3) is 0.458. The van der Waals surface area contributed by atoms with Crippen molar-refractivity contribution in [3.05, 3.63) is 61.3 Å². The third-order valence-electron chi connectivity index (χ3n) is 6.05. The highest BCUT2D eigenvalue weighted by atomic mass is 35.5. The van der Waals surface area contributed by atoms with Gasteiger partial charge in [-0.15, -0.1) is 11.3 Å². The first-order valence-corrected chi connectivity index (χ1v) is 12.1. The zero-order chi connectivity index (χ0) is 21.3. The maximum Gasteiger partial charge on any atom is 0.195 e. The molecule has 1 aliphatic carbocycles. The summed E-state index contributed by atoms with van der Waals surface area (Å²) < 4.78 is 5.45. The first-order chi connectivity index (χ1) is 14.5. The normalized spacial score (nSPS) is 21.5. The van der Waals surface area contributed by atoms with Gasteiger partial charge >= 0.3 is 0 Å². The summed E-state index contributed by atoms with van der Waals surface area (Å²) in [5.41, 5.74) is 3.37. The second kappa shape index (κ2) is 9.54. The van der Waals surface area contributed by atoms with Crippen LogP contribution in [0.3, 0.4) is 0 Å². The summed E-state index contributed by atoms with van der Waals surface area (Å²) in [6, 6.07) is 7.18. The van der Waals surface area contributed by atoms with Crippen molar-refractivity contribution in [1.29, 1.82) is 0 Å². The third-order valence-corrected chi connectivity index (χ3v) is 7.64. The van der Waals surface area contributed by atoms with Crippen molar-refractivity contribution < 1.29 is 9.53 Å². The van der Waals surface area contributed by atoms with E-state index in [0.29, 0.717) is 27.4 Å². The number of carbonyl (C=O) groups excluding carboxylic acids is 1. The zero-order valence-electron chi connectivity index (χ0n) is 17.4. The minimum atomic E-state index is -0.0261. The van der Waals surface area contributed by atoms with Gasteiger partial charge in [0.25, 0.3) is 0 Å². The molecule has 0 spiro atoms. The molecular formula is C24H27Cl2NO2S. The molecule has 1 aromatic heterocycles. The number of rotatable bonds is 7. The number of hydrogen-bond acceptors (Lipinski definition) is 4. The van der Waals surface area contributed by atoms with Crippen LogP contribution in [-0.2, 0) is 4.74 Å². The highest BCUT2D eigenvalue weighted by Crippen LogP contribution is 2.53. The maximum atomic E-state index is 13.4.